The molecular weight excluding hydrogens is 369 g/mol. The van der Waals surface area contributed by atoms with Crippen molar-refractivity contribution in [2.24, 2.45) is 0 Å². The summed E-state index contributed by atoms with van der Waals surface area (Å²) in [6.45, 7) is 12.1. The standard InChI is InChI=1S/C16H13N2.2C2H6.CH3.Y/c1-13-12-18(15-10-6-3-7-11-15)17-16(13)14-8-4-2-5-9-14;2*1-2;;/h2-12H,1H2;2*1-2H3;1H3;/q-1;;;-1;. The molecule has 1 aromatic heterocycles. The molecule has 3 aromatic rings. The summed E-state index contributed by atoms with van der Waals surface area (Å²) in [5.74, 6) is 0. The Morgan fingerprint density at radius 2 is 1.25 bits per heavy atom. The van der Waals surface area contributed by atoms with E-state index in [9.17, 15) is 0 Å². The molecule has 0 atom stereocenters. The normalized spacial score (nSPS) is 8.33. The zero-order chi connectivity index (χ0) is 16.4. The van der Waals surface area contributed by atoms with Crippen LogP contribution in [-0.4, -0.2) is 9.78 Å². The van der Waals surface area contributed by atoms with Crippen molar-refractivity contribution >= 4 is 0 Å². The van der Waals surface area contributed by atoms with Crippen LogP contribution in [0.1, 0.15) is 33.3 Å². The van der Waals surface area contributed by atoms with Gasteiger partial charge in [0.2, 0.25) is 0 Å². The molecule has 1 heterocycles. The van der Waals surface area contributed by atoms with Crippen LogP contribution in [0.4, 0.5) is 0 Å². The third-order valence-corrected chi connectivity index (χ3v) is 2.86. The maximum Gasteiger partial charge on any atom is 0.0495 e. The Kier molecular flexibility index (Phi) is 14.5. The summed E-state index contributed by atoms with van der Waals surface area (Å²) in [6, 6.07) is 20.2. The van der Waals surface area contributed by atoms with Crippen LogP contribution in [0.5, 0.6) is 0 Å². The zero-order valence-corrected chi connectivity index (χ0v) is 18.4. The Balaban J connectivity index is 0. The van der Waals surface area contributed by atoms with E-state index in [2.05, 4.69) is 12.0 Å². The van der Waals surface area contributed by atoms with Gasteiger partial charge in [-0.1, -0.05) is 88.0 Å². The SMILES string of the molecule is CC.CC.[CH2-]c1cn(-c2ccccc2)nc1-c1ccccc1.[CH3-].[Y]. The topological polar surface area (TPSA) is 17.8 Å². The molecule has 0 fully saturated rings. The van der Waals surface area contributed by atoms with Gasteiger partial charge in [0.15, 0.2) is 0 Å². The first kappa shape index (κ1) is 24.9. The molecule has 0 amide bonds. The molecule has 127 valence electrons. The molecule has 24 heavy (non-hydrogen) atoms. The molecule has 0 saturated carbocycles. The van der Waals surface area contributed by atoms with E-state index < -0.39 is 0 Å². The predicted molar refractivity (Wildman–Crippen MR) is 103 cm³/mol. The molecule has 0 bridgehead atoms. The molecule has 2 aromatic carbocycles. The fourth-order valence-electron chi connectivity index (χ4n) is 1.96. The largest absolute Gasteiger partial charge is 0.358 e. The van der Waals surface area contributed by atoms with E-state index in [0.29, 0.717) is 0 Å². The summed E-state index contributed by atoms with van der Waals surface area (Å²) in [6.07, 6.45) is 1.96. The molecule has 0 spiro atoms. The van der Waals surface area contributed by atoms with Gasteiger partial charge in [-0.2, -0.15) is 6.92 Å². The van der Waals surface area contributed by atoms with Crippen molar-refractivity contribution in [3.63, 3.8) is 0 Å². The van der Waals surface area contributed by atoms with E-state index in [1.165, 1.54) is 0 Å². The number of aromatic nitrogens is 2. The number of rotatable bonds is 2. The Labute approximate surface area is 173 Å². The summed E-state index contributed by atoms with van der Waals surface area (Å²) in [7, 11) is 0. The first-order valence-electron chi connectivity index (χ1n) is 7.87. The van der Waals surface area contributed by atoms with Crippen molar-refractivity contribution in [3.8, 4) is 16.9 Å². The van der Waals surface area contributed by atoms with Crippen molar-refractivity contribution in [1.29, 1.82) is 0 Å². The minimum absolute atomic E-state index is 0. The molecule has 0 aliphatic heterocycles. The monoisotopic (exact) mass is 397 g/mol. The predicted octanol–water partition coefficient (Wildman–Crippen LogP) is 6.22. The van der Waals surface area contributed by atoms with Crippen LogP contribution in [-0.2, 0) is 32.7 Å². The molecule has 2 nitrogen and oxygen atoms in total. The number of nitrogens with zero attached hydrogens (tertiary/aromatic N) is 2. The quantitative estimate of drug-likeness (QED) is 0.469. The van der Waals surface area contributed by atoms with Gasteiger partial charge in [-0.15, -0.1) is 5.56 Å². The van der Waals surface area contributed by atoms with Crippen LogP contribution < -0.4 is 0 Å². The summed E-state index contributed by atoms with van der Waals surface area (Å²) >= 11 is 0. The van der Waals surface area contributed by atoms with Gasteiger partial charge in [-0.05, 0) is 17.8 Å². The van der Waals surface area contributed by atoms with E-state index in [4.69, 9.17) is 0 Å². The van der Waals surface area contributed by atoms with Gasteiger partial charge in [0.1, 0.15) is 0 Å². The van der Waals surface area contributed by atoms with Crippen molar-refractivity contribution < 1.29 is 32.7 Å². The van der Waals surface area contributed by atoms with Crippen molar-refractivity contribution in [2.75, 3.05) is 0 Å². The van der Waals surface area contributed by atoms with Crippen LogP contribution in [0.15, 0.2) is 66.9 Å². The van der Waals surface area contributed by atoms with E-state index >= 15 is 0 Å². The second kappa shape index (κ2) is 14.0. The Hall–Kier alpha value is -1.38. The third kappa shape index (κ3) is 6.63. The average Bonchev–Trinajstić information content (AvgIpc) is 3.02. The van der Waals surface area contributed by atoms with Crippen LogP contribution in [0, 0.1) is 14.4 Å². The van der Waals surface area contributed by atoms with Gasteiger partial charge in [0, 0.05) is 38.4 Å². The zero-order valence-electron chi connectivity index (χ0n) is 15.5. The fourth-order valence-corrected chi connectivity index (χ4v) is 1.96. The van der Waals surface area contributed by atoms with Gasteiger partial charge in [-0.25, -0.2) is 5.10 Å². The van der Waals surface area contributed by atoms with E-state index in [1.807, 2.05) is 99.2 Å². The molecule has 0 unspecified atom stereocenters. The first-order valence-corrected chi connectivity index (χ1v) is 7.87. The van der Waals surface area contributed by atoms with Gasteiger partial charge < -0.3 is 12.1 Å². The van der Waals surface area contributed by atoms with E-state index in [1.54, 1.807) is 0 Å². The van der Waals surface area contributed by atoms with Gasteiger partial charge in [-0.3, -0.25) is 0 Å². The molecule has 1 radical (unpaired) electrons. The van der Waals surface area contributed by atoms with Crippen molar-refractivity contribution in [3.05, 3.63) is 86.8 Å². The summed E-state index contributed by atoms with van der Waals surface area (Å²) in [5, 5.41) is 4.60. The minimum atomic E-state index is 0. The van der Waals surface area contributed by atoms with E-state index in [0.717, 1.165) is 22.5 Å². The van der Waals surface area contributed by atoms with Gasteiger partial charge in [0.05, 0.1) is 0 Å². The summed E-state index contributed by atoms with van der Waals surface area (Å²) in [4.78, 5) is 0. The van der Waals surface area contributed by atoms with Crippen molar-refractivity contribution in [2.45, 2.75) is 27.7 Å². The Morgan fingerprint density at radius 1 is 0.792 bits per heavy atom. The number of hydrogen-bond acceptors (Lipinski definition) is 1. The molecule has 0 saturated heterocycles. The Bertz CT molecular complexity index is 646. The van der Waals surface area contributed by atoms with Crippen molar-refractivity contribution in [1.82, 2.24) is 9.78 Å². The maximum absolute atomic E-state index is 4.60. The third-order valence-electron chi connectivity index (χ3n) is 2.86. The smallest absolute Gasteiger partial charge is 0.0495 e. The van der Waals surface area contributed by atoms with Crippen LogP contribution in [0.3, 0.4) is 0 Å². The molecule has 0 N–H and O–H groups in total. The number of hydrogen-bond donors (Lipinski definition) is 0. The first-order chi connectivity index (χ1) is 10.8. The number of benzene rings is 2. The van der Waals surface area contributed by atoms with Crippen LogP contribution >= 0.6 is 0 Å². The summed E-state index contributed by atoms with van der Waals surface area (Å²) in [5.41, 5.74) is 4.01. The average molecular weight is 397 g/mol. The molecule has 3 heteroatoms. The molecular formula is C21H28N2Y-2. The minimum Gasteiger partial charge on any atom is -0.358 e. The van der Waals surface area contributed by atoms with Crippen LogP contribution in [0.25, 0.3) is 16.9 Å². The second-order valence-corrected chi connectivity index (χ2v) is 4.15. The van der Waals surface area contributed by atoms with E-state index in [-0.39, 0.29) is 40.1 Å². The maximum atomic E-state index is 4.60. The number of para-hydroxylation sites is 1. The molecule has 3 rings (SSSR count). The fraction of sp³-hybridized carbons (Fsp3) is 0.190. The summed E-state index contributed by atoms with van der Waals surface area (Å²) < 4.78 is 1.87. The Morgan fingerprint density at radius 3 is 1.75 bits per heavy atom. The van der Waals surface area contributed by atoms with Crippen LogP contribution in [0.2, 0.25) is 0 Å². The molecule has 0 aliphatic carbocycles. The van der Waals surface area contributed by atoms with Gasteiger partial charge in [0.25, 0.3) is 0 Å². The molecule has 0 aliphatic rings. The second-order valence-electron chi connectivity index (χ2n) is 4.15. The van der Waals surface area contributed by atoms with Gasteiger partial charge >= 0.3 is 0 Å².